The smallest absolute Gasteiger partial charge is 0.224 e. The Balaban J connectivity index is 2.10. The van der Waals surface area contributed by atoms with Gasteiger partial charge in [0.05, 0.1) is 33.8 Å². The Morgan fingerprint density at radius 1 is 1.08 bits per heavy atom. The van der Waals surface area contributed by atoms with Crippen molar-refractivity contribution in [1.82, 2.24) is 5.32 Å². The van der Waals surface area contributed by atoms with Crippen molar-refractivity contribution in [3.05, 3.63) is 51.7 Å². The molecular weight excluding hydrogens is 405 g/mol. The fraction of sp³-hybridized carbons (Fsp3) is 0.316. The molecule has 1 N–H and O–H groups in total. The molecular formula is C19H21BrFNO4. The summed E-state index contributed by atoms with van der Waals surface area (Å²) in [7, 11) is 4.49. The average Bonchev–Trinajstić information content (AvgIpc) is 2.62. The molecule has 0 heterocycles. The summed E-state index contributed by atoms with van der Waals surface area (Å²) in [5, 5.41) is 2.86. The summed E-state index contributed by atoms with van der Waals surface area (Å²) in [5.74, 6) is 0.631. The Labute approximate surface area is 160 Å². The van der Waals surface area contributed by atoms with Crippen LogP contribution in [0.1, 0.15) is 24.1 Å². The monoisotopic (exact) mass is 425 g/mol. The van der Waals surface area contributed by atoms with Gasteiger partial charge in [0.25, 0.3) is 0 Å². The molecule has 0 saturated carbocycles. The van der Waals surface area contributed by atoms with E-state index in [9.17, 15) is 9.18 Å². The summed E-state index contributed by atoms with van der Waals surface area (Å²) in [4.78, 5) is 12.4. The highest BCUT2D eigenvalue weighted by molar-refractivity contribution is 9.10. The van der Waals surface area contributed by atoms with Gasteiger partial charge in [0.15, 0.2) is 23.1 Å². The van der Waals surface area contributed by atoms with Crippen LogP contribution in [0, 0.1) is 5.82 Å². The van der Waals surface area contributed by atoms with Crippen molar-refractivity contribution in [1.29, 1.82) is 0 Å². The molecule has 0 aromatic heterocycles. The van der Waals surface area contributed by atoms with E-state index in [2.05, 4.69) is 21.2 Å². The number of halogens is 2. The van der Waals surface area contributed by atoms with Gasteiger partial charge in [-0.1, -0.05) is 22.0 Å². The predicted molar refractivity (Wildman–Crippen MR) is 100 cm³/mol. The van der Waals surface area contributed by atoms with Crippen LogP contribution in [0.4, 0.5) is 4.39 Å². The van der Waals surface area contributed by atoms with E-state index < -0.39 is 5.82 Å². The molecule has 5 nitrogen and oxygen atoms in total. The van der Waals surface area contributed by atoms with Crippen molar-refractivity contribution >= 4 is 21.8 Å². The summed E-state index contributed by atoms with van der Waals surface area (Å²) in [6, 6.07) is 7.78. The van der Waals surface area contributed by atoms with Crippen LogP contribution < -0.4 is 19.5 Å². The van der Waals surface area contributed by atoms with Crippen LogP contribution in [0.25, 0.3) is 0 Å². The van der Waals surface area contributed by atoms with Gasteiger partial charge in [-0.25, -0.2) is 4.39 Å². The topological polar surface area (TPSA) is 56.8 Å². The van der Waals surface area contributed by atoms with Gasteiger partial charge < -0.3 is 19.5 Å². The third-order valence-electron chi connectivity index (χ3n) is 3.96. The van der Waals surface area contributed by atoms with Crippen LogP contribution in [0.3, 0.4) is 0 Å². The van der Waals surface area contributed by atoms with Crippen molar-refractivity contribution in [3.8, 4) is 17.2 Å². The van der Waals surface area contributed by atoms with Crippen LogP contribution in [0.2, 0.25) is 0 Å². The van der Waals surface area contributed by atoms with E-state index >= 15 is 0 Å². The Morgan fingerprint density at radius 3 is 2.27 bits per heavy atom. The van der Waals surface area contributed by atoms with Gasteiger partial charge in [-0.05, 0) is 42.3 Å². The second-order valence-corrected chi connectivity index (χ2v) is 6.51. The predicted octanol–water partition coefficient (Wildman–Crippen LogP) is 4.03. The second kappa shape index (κ2) is 8.89. The SMILES string of the molecule is COc1ccc(C(C)NC(=O)Cc2cc(OC)c(OC)cc2Br)cc1F. The minimum Gasteiger partial charge on any atom is -0.494 e. The zero-order chi connectivity index (χ0) is 19.3. The lowest BCUT2D eigenvalue weighted by atomic mass is 10.1. The molecule has 0 aliphatic rings. The number of amides is 1. The van der Waals surface area contributed by atoms with Crippen LogP contribution >= 0.6 is 15.9 Å². The third kappa shape index (κ3) is 4.66. The van der Waals surface area contributed by atoms with Crippen LogP contribution in [-0.4, -0.2) is 27.2 Å². The zero-order valence-electron chi connectivity index (χ0n) is 15.1. The molecule has 0 saturated heterocycles. The van der Waals surface area contributed by atoms with Gasteiger partial charge in [0.1, 0.15) is 0 Å². The zero-order valence-corrected chi connectivity index (χ0v) is 16.6. The maximum absolute atomic E-state index is 13.8. The summed E-state index contributed by atoms with van der Waals surface area (Å²) >= 11 is 3.44. The van der Waals surface area contributed by atoms with E-state index in [1.165, 1.54) is 26.4 Å². The molecule has 2 aromatic rings. The van der Waals surface area contributed by atoms with Gasteiger partial charge in [0.2, 0.25) is 5.91 Å². The number of hydrogen-bond acceptors (Lipinski definition) is 4. The minimum atomic E-state index is -0.464. The Bertz CT molecular complexity index is 797. The highest BCUT2D eigenvalue weighted by Crippen LogP contribution is 2.33. The second-order valence-electron chi connectivity index (χ2n) is 5.66. The van der Waals surface area contributed by atoms with E-state index in [-0.39, 0.29) is 24.1 Å². The van der Waals surface area contributed by atoms with E-state index in [4.69, 9.17) is 14.2 Å². The largest absolute Gasteiger partial charge is 0.494 e. The summed E-state index contributed by atoms with van der Waals surface area (Å²) in [5.41, 5.74) is 1.41. The van der Waals surface area contributed by atoms with E-state index in [1.807, 2.05) is 0 Å². The van der Waals surface area contributed by atoms with Gasteiger partial charge in [-0.2, -0.15) is 0 Å². The van der Waals surface area contributed by atoms with Crippen molar-refractivity contribution in [2.24, 2.45) is 0 Å². The summed E-state index contributed by atoms with van der Waals surface area (Å²) < 4.78 is 30.0. The lowest BCUT2D eigenvalue weighted by Crippen LogP contribution is -2.28. The molecule has 0 bridgehead atoms. The van der Waals surface area contributed by atoms with Crippen LogP contribution in [0.15, 0.2) is 34.8 Å². The first kappa shape index (κ1) is 20.0. The van der Waals surface area contributed by atoms with Crippen molar-refractivity contribution in [2.45, 2.75) is 19.4 Å². The molecule has 0 aliphatic carbocycles. The minimum absolute atomic E-state index is 0.143. The lowest BCUT2D eigenvalue weighted by molar-refractivity contribution is -0.121. The molecule has 0 aliphatic heterocycles. The molecule has 2 aromatic carbocycles. The first-order valence-corrected chi connectivity index (χ1v) is 8.72. The third-order valence-corrected chi connectivity index (χ3v) is 4.70. The van der Waals surface area contributed by atoms with E-state index in [0.29, 0.717) is 17.1 Å². The number of rotatable bonds is 7. The van der Waals surface area contributed by atoms with Gasteiger partial charge >= 0.3 is 0 Å². The number of nitrogens with one attached hydrogen (secondary N) is 1. The summed E-state index contributed by atoms with van der Waals surface area (Å²) in [6.45, 7) is 1.79. The standard InChI is InChI=1S/C19H21BrFNO4/c1-11(12-5-6-16(24-2)15(21)7-12)22-19(23)9-13-8-17(25-3)18(26-4)10-14(13)20/h5-8,10-11H,9H2,1-4H3,(H,22,23). The number of carbonyl (C=O) groups excluding carboxylic acids is 1. The quantitative estimate of drug-likeness (QED) is 0.727. The van der Waals surface area contributed by atoms with Gasteiger partial charge in [0, 0.05) is 4.47 Å². The molecule has 1 atom stereocenters. The molecule has 1 unspecified atom stereocenters. The lowest BCUT2D eigenvalue weighted by Gasteiger charge is -2.16. The van der Waals surface area contributed by atoms with E-state index in [0.717, 1.165) is 10.0 Å². The molecule has 140 valence electrons. The maximum atomic E-state index is 13.8. The fourth-order valence-corrected chi connectivity index (χ4v) is 3.00. The molecule has 0 fully saturated rings. The van der Waals surface area contributed by atoms with Crippen LogP contribution in [0.5, 0.6) is 17.2 Å². The molecule has 1 amide bonds. The molecule has 7 heteroatoms. The number of methoxy groups -OCH3 is 3. The van der Waals surface area contributed by atoms with Gasteiger partial charge in [-0.3, -0.25) is 4.79 Å². The number of ether oxygens (including phenoxy) is 3. The highest BCUT2D eigenvalue weighted by atomic mass is 79.9. The molecule has 0 radical (unpaired) electrons. The fourth-order valence-electron chi connectivity index (χ4n) is 2.53. The van der Waals surface area contributed by atoms with Gasteiger partial charge in [-0.15, -0.1) is 0 Å². The molecule has 2 rings (SSSR count). The Hall–Kier alpha value is -2.28. The first-order valence-electron chi connectivity index (χ1n) is 7.92. The number of benzene rings is 2. The average molecular weight is 426 g/mol. The maximum Gasteiger partial charge on any atom is 0.224 e. The molecule has 26 heavy (non-hydrogen) atoms. The van der Waals surface area contributed by atoms with Crippen molar-refractivity contribution in [3.63, 3.8) is 0 Å². The summed E-state index contributed by atoms with van der Waals surface area (Å²) in [6.07, 6.45) is 0.143. The van der Waals surface area contributed by atoms with Crippen molar-refractivity contribution in [2.75, 3.05) is 21.3 Å². The Kier molecular flexibility index (Phi) is 6.85. The van der Waals surface area contributed by atoms with E-state index in [1.54, 1.807) is 32.2 Å². The van der Waals surface area contributed by atoms with Crippen LogP contribution in [-0.2, 0) is 11.2 Å². The molecule has 0 spiro atoms. The first-order chi connectivity index (χ1) is 12.4. The normalized spacial score (nSPS) is 11.6. The number of carbonyl (C=O) groups is 1. The van der Waals surface area contributed by atoms with Crippen molar-refractivity contribution < 1.29 is 23.4 Å². The number of hydrogen-bond donors (Lipinski definition) is 1. The highest BCUT2D eigenvalue weighted by Gasteiger charge is 2.16. The Morgan fingerprint density at radius 2 is 1.69 bits per heavy atom.